The van der Waals surface area contributed by atoms with Crippen LogP contribution in [0.4, 0.5) is 0 Å². The number of halogens is 1. The summed E-state index contributed by atoms with van der Waals surface area (Å²) < 4.78 is 10.7. The lowest BCUT2D eigenvalue weighted by molar-refractivity contribution is -0.136. The zero-order valence-electron chi connectivity index (χ0n) is 11.6. The second-order valence-corrected chi connectivity index (χ2v) is 5.18. The molecule has 0 aromatic carbocycles. The summed E-state index contributed by atoms with van der Waals surface area (Å²) in [7, 11) is 1.74. The molecular formula is C13H25ClN2O3. The highest BCUT2D eigenvalue weighted by atomic mass is 35.5. The van der Waals surface area contributed by atoms with E-state index in [1.165, 1.54) is 0 Å². The van der Waals surface area contributed by atoms with Crippen molar-refractivity contribution >= 4 is 18.3 Å². The van der Waals surface area contributed by atoms with Crippen molar-refractivity contribution in [3.8, 4) is 0 Å². The third-order valence-electron chi connectivity index (χ3n) is 3.78. The Bertz CT molecular complexity index is 265. The number of piperidine rings is 1. The third kappa shape index (κ3) is 5.26. The van der Waals surface area contributed by atoms with Crippen molar-refractivity contribution in [1.82, 2.24) is 10.2 Å². The summed E-state index contributed by atoms with van der Waals surface area (Å²) >= 11 is 0. The smallest absolute Gasteiger partial charge is 0.225 e. The van der Waals surface area contributed by atoms with Gasteiger partial charge in [-0.05, 0) is 18.8 Å². The highest BCUT2D eigenvalue weighted by molar-refractivity contribution is 5.85. The van der Waals surface area contributed by atoms with Gasteiger partial charge in [0.2, 0.25) is 5.91 Å². The molecule has 1 amide bonds. The van der Waals surface area contributed by atoms with E-state index in [0.29, 0.717) is 18.9 Å². The number of likely N-dealkylation sites (tertiary alicyclic amines) is 1. The van der Waals surface area contributed by atoms with E-state index in [9.17, 15) is 4.79 Å². The van der Waals surface area contributed by atoms with Crippen LogP contribution in [0, 0.1) is 5.92 Å². The van der Waals surface area contributed by atoms with E-state index in [1.807, 2.05) is 4.90 Å². The van der Waals surface area contributed by atoms with Gasteiger partial charge in [-0.15, -0.1) is 12.4 Å². The largest absolute Gasteiger partial charge is 0.384 e. The number of morpholine rings is 1. The number of amides is 1. The molecule has 5 nitrogen and oxygen atoms in total. The van der Waals surface area contributed by atoms with E-state index in [-0.39, 0.29) is 24.4 Å². The maximum Gasteiger partial charge on any atom is 0.225 e. The minimum absolute atomic E-state index is 0. The number of methoxy groups -OCH3 is 1. The van der Waals surface area contributed by atoms with Crippen molar-refractivity contribution in [2.24, 2.45) is 5.92 Å². The molecule has 0 aliphatic carbocycles. The van der Waals surface area contributed by atoms with Crippen LogP contribution in [0.5, 0.6) is 0 Å². The molecular weight excluding hydrogens is 268 g/mol. The van der Waals surface area contributed by atoms with E-state index >= 15 is 0 Å². The molecule has 19 heavy (non-hydrogen) atoms. The number of ether oxygens (including phenoxy) is 2. The van der Waals surface area contributed by atoms with Crippen molar-refractivity contribution in [2.45, 2.75) is 25.4 Å². The molecule has 2 rings (SSSR count). The third-order valence-corrected chi connectivity index (χ3v) is 3.78. The van der Waals surface area contributed by atoms with Gasteiger partial charge in [0, 0.05) is 39.9 Å². The van der Waals surface area contributed by atoms with Crippen LogP contribution in [0.25, 0.3) is 0 Å². The summed E-state index contributed by atoms with van der Waals surface area (Å²) in [6.45, 7) is 4.96. The first kappa shape index (κ1) is 16.7. The second kappa shape index (κ2) is 8.74. The zero-order chi connectivity index (χ0) is 12.8. The van der Waals surface area contributed by atoms with E-state index in [1.54, 1.807) is 7.11 Å². The van der Waals surface area contributed by atoms with Crippen LogP contribution in [0.15, 0.2) is 0 Å². The Hall–Kier alpha value is -0.360. The van der Waals surface area contributed by atoms with E-state index in [0.717, 1.165) is 45.6 Å². The molecule has 1 unspecified atom stereocenters. The summed E-state index contributed by atoms with van der Waals surface area (Å²) in [4.78, 5) is 14.1. The van der Waals surface area contributed by atoms with Crippen molar-refractivity contribution in [3.63, 3.8) is 0 Å². The van der Waals surface area contributed by atoms with Gasteiger partial charge in [-0.3, -0.25) is 4.79 Å². The topological polar surface area (TPSA) is 50.8 Å². The highest BCUT2D eigenvalue weighted by Crippen LogP contribution is 2.18. The van der Waals surface area contributed by atoms with Gasteiger partial charge < -0.3 is 19.7 Å². The summed E-state index contributed by atoms with van der Waals surface area (Å²) in [6, 6.07) is 0. The SMILES string of the molecule is COCC1CCN(C(=O)CC2CNCCO2)CC1.Cl. The predicted molar refractivity (Wildman–Crippen MR) is 75.7 cm³/mol. The molecule has 0 spiro atoms. The fraction of sp³-hybridized carbons (Fsp3) is 0.923. The average Bonchev–Trinajstić information content (AvgIpc) is 2.41. The Labute approximate surface area is 121 Å². The van der Waals surface area contributed by atoms with Crippen LogP contribution in [-0.2, 0) is 14.3 Å². The van der Waals surface area contributed by atoms with Crippen molar-refractivity contribution in [3.05, 3.63) is 0 Å². The number of carbonyl (C=O) groups excluding carboxylic acids is 1. The number of rotatable bonds is 4. The maximum absolute atomic E-state index is 12.1. The van der Waals surface area contributed by atoms with Gasteiger partial charge in [0.15, 0.2) is 0 Å². The van der Waals surface area contributed by atoms with Crippen molar-refractivity contribution in [2.75, 3.05) is 46.5 Å². The van der Waals surface area contributed by atoms with Gasteiger partial charge in [0.25, 0.3) is 0 Å². The maximum atomic E-state index is 12.1. The highest BCUT2D eigenvalue weighted by Gasteiger charge is 2.25. The summed E-state index contributed by atoms with van der Waals surface area (Å²) in [6.07, 6.45) is 2.69. The first-order valence-electron chi connectivity index (χ1n) is 6.88. The van der Waals surface area contributed by atoms with Crippen molar-refractivity contribution < 1.29 is 14.3 Å². The second-order valence-electron chi connectivity index (χ2n) is 5.18. The predicted octanol–water partition coefficient (Wildman–Crippen LogP) is 0.672. The van der Waals surface area contributed by atoms with Gasteiger partial charge in [-0.2, -0.15) is 0 Å². The number of nitrogens with zero attached hydrogens (tertiary/aromatic N) is 1. The molecule has 1 N–H and O–H groups in total. The summed E-state index contributed by atoms with van der Waals surface area (Å²) in [5.74, 6) is 0.853. The van der Waals surface area contributed by atoms with Crippen LogP contribution in [0.1, 0.15) is 19.3 Å². The first-order valence-corrected chi connectivity index (χ1v) is 6.88. The Morgan fingerprint density at radius 1 is 1.42 bits per heavy atom. The van der Waals surface area contributed by atoms with Crippen LogP contribution in [0.2, 0.25) is 0 Å². The van der Waals surface area contributed by atoms with Gasteiger partial charge >= 0.3 is 0 Å². The molecule has 0 aromatic heterocycles. The van der Waals surface area contributed by atoms with E-state index < -0.39 is 0 Å². The number of hydrogen-bond donors (Lipinski definition) is 1. The van der Waals surface area contributed by atoms with Gasteiger partial charge in [0.05, 0.1) is 19.1 Å². The van der Waals surface area contributed by atoms with E-state index in [2.05, 4.69) is 5.32 Å². The molecule has 2 aliphatic heterocycles. The molecule has 0 bridgehead atoms. The van der Waals surface area contributed by atoms with Gasteiger partial charge in [0.1, 0.15) is 0 Å². The van der Waals surface area contributed by atoms with Crippen LogP contribution in [-0.4, -0.2) is 63.4 Å². The quantitative estimate of drug-likeness (QED) is 0.828. The normalized spacial score (nSPS) is 24.9. The molecule has 2 saturated heterocycles. The molecule has 2 heterocycles. The van der Waals surface area contributed by atoms with Crippen LogP contribution < -0.4 is 5.32 Å². The molecule has 2 aliphatic rings. The lowest BCUT2D eigenvalue weighted by atomic mass is 9.97. The Balaban J connectivity index is 0.00000180. The molecule has 2 fully saturated rings. The van der Waals surface area contributed by atoms with Gasteiger partial charge in [-0.25, -0.2) is 0 Å². The number of nitrogens with one attached hydrogen (secondary N) is 1. The summed E-state index contributed by atoms with van der Waals surface area (Å²) in [5.41, 5.74) is 0. The monoisotopic (exact) mass is 292 g/mol. The number of hydrogen-bond acceptors (Lipinski definition) is 4. The number of carbonyl (C=O) groups is 1. The lowest BCUT2D eigenvalue weighted by Crippen LogP contribution is -2.44. The fourth-order valence-corrected chi connectivity index (χ4v) is 2.66. The van der Waals surface area contributed by atoms with Crippen LogP contribution >= 0.6 is 12.4 Å². The molecule has 6 heteroatoms. The standard InChI is InChI=1S/C13H24N2O3.ClH/c1-17-10-11-2-5-15(6-3-11)13(16)8-12-9-14-4-7-18-12;/h11-12,14H,2-10H2,1H3;1H. The minimum atomic E-state index is 0. The van der Waals surface area contributed by atoms with E-state index in [4.69, 9.17) is 9.47 Å². The summed E-state index contributed by atoms with van der Waals surface area (Å²) in [5, 5.41) is 3.25. The Kier molecular flexibility index (Phi) is 7.68. The minimum Gasteiger partial charge on any atom is -0.384 e. The Morgan fingerprint density at radius 3 is 2.74 bits per heavy atom. The molecule has 0 aromatic rings. The first-order chi connectivity index (χ1) is 8.79. The lowest BCUT2D eigenvalue weighted by Gasteiger charge is -2.33. The molecule has 112 valence electrons. The Morgan fingerprint density at radius 2 is 2.16 bits per heavy atom. The molecule has 0 saturated carbocycles. The fourth-order valence-electron chi connectivity index (χ4n) is 2.66. The average molecular weight is 293 g/mol. The van der Waals surface area contributed by atoms with Gasteiger partial charge in [-0.1, -0.05) is 0 Å². The van der Waals surface area contributed by atoms with Crippen LogP contribution in [0.3, 0.4) is 0 Å². The molecule has 1 atom stereocenters. The zero-order valence-corrected chi connectivity index (χ0v) is 12.4. The van der Waals surface area contributed by atoms with Crippen molar-refractivity contribution in [1.29, 1.82) is 0 Å². The molecule has 0 radical (unpaired) electrons.